The van der Waals surface area contributed by atoms with Crippen molar-refractivity contribution in [1.29, 1.82) is 0 Å². The van der Waals surface area contributed by atoms with Crippen LogP contribution >= 0.6 is 11.6 Å². The van der Waals surface area contributed by atoms with Crippen LogP contribution in [0, 0.1) is 0 Å². The summed E-state index contributed by atoms with van der Waals surface area (Å²) in [7, 11) is 0. The molecule has 0 saturated heterocycles. The molecule has 0 aliphatic rings. The van der Waals surface area contributed by atoms with Crippen LogP contribution in [0.15, 0.2) is 6.07 Å². The number of hydrogen-bond donors (Lipinski definition) is 1. The topological polar surface area (TPSA) is 56.0 Å². The smallest absolute Gasteiger partial charge is 0.266 e. The van der Waals surface area contributed by atoms with Crippen LogP contribution in [0.5, 0.6) is 0 Å². The summed E-state index contributed by atoms with van der Waals surface area (Å²) in [6.45, 7) is 0. The third kappa shape index (κ3) is 1.98. The Labute approximate surface area is 83.9 Å². The predicted octanol–water partition coefficient (Wildman–Crippen LogP) is 2.15. The lowest BCUT2D eigenvalue weighted by Crippen LogP contribution is -2.04. The quantitative estimate of drug-likeness (QED) is 0.627. The normalized spacial score (nSPS) is 10.6. The van der Waals surface area contributed by atoms with Gasteiger partial charge >= 0.3 is 0 Å². The van der Waals surface area contributed by atoms with Crippen LogP contribution in [0.4, 0.5) is 14.6 Å². The summed E-state index contributed by atoms with van der Waals surface area (Å²) >= 11 is 5.45. The fourth-order valence-electron chi connectivity index (χ4n) is 0.978. The molecule has 1 rings (SSSR count). The van der Waals surface area contributed by atoms with E-state index in [2.05, 4.69) is 4.98 Å². The summed E-state index contributed by atoms with van der Waals surface area (Å²) in [4.78, 5) is 13.9. The summed E-state index contributed by atoms with van der Waals surface area (Å²) in [5.74, 6) is -0.0102. The van der Waals surface area contributed by atoms with E-state index in [1.807, 2.05) is 0 Å². The molecule has 0 aliphatic heterocycles. The molecule has 76 valence electrons. The first-order valence-electron chi connectivity index (χ1n) is 3.68. The lowest BCUT2D eigenvalue weighted by Gasteiger charge is -2.07. The van der Waals surface area contributed by atoms with Crippen LogP contribution in [0.1, 0.15) is 28.0 Å². The van der Waals surface area contributed by atoms with Gasteiger partial charge in [0.2, 0.25) is 0 Å². The highest BCUT2D eigenvalue weighted by molar-refractivity contribution is 6.17. The van der Waals surface area contributed by atoms with Gasteiger partial charge in [-0.05, 0) is 6.07 Å². The third-order valence-corrected chi connectivity index (χ3v) is 1.97. The van der Waals surface area contributed by atoms with Gasteiger partial charge < -0.3 is 5.73 Å². The Morgan fingerprint density at radius 1 is 1.64 bits per heavy atom. The minimum absolute atomic E-state index is 0.00602. The molecule has 0 atom stereocenters. The molecular formula is C8H7ClF2N2O. The number of nitrogens with zero attached hydrogens (tertiary/aromatic N) is 1. The number of aromatic nitrogens is 1. The van der Waals surface area contributed by atoms with E-state index in [1.54, 1.807) is 0 Å². The number of aldehydes is 1. The number of pyridine rings is 1. The lowest BCUT2D eigenvalue weighted by molar-refractivity contribution is 0.110. The Morgan fingerprint density at radius 2 is 2.29 bits per heavy atom. The monoisotopic (exact) mass is 220 g/mol. The lowest BCUT2D eigenvalue weighted by atomic mass is 10.1. The molecule has 1 aromatic rings. The van der Waals surface area contributed by atoms with Crippen molar-refractivity contribution in [1.82, 2.24) is 4.98 Å². The van der Waals surface area contributed by atoms with Gasteiger partial charge in [0, 0.05) is 11.1 Å². The highest BCUT2D eigenvalue weighted by atomic mass is 35.5. The molecule has 0 aromatic carbocycles. The molecule has 3 nitrogen and oxygen atoms in total. The van der Waals surface area contributed by atoms with Gasteiger partial charge in [0.1, 0.15) is 11.5 Å². The van der Waals surface area contributed by atoms with Crippen LogP contribution in [-0.4, -0.2) is 11.3 Å². The van der Waals surface area contributed by atoms with E-state index in [9.17, 15) is 13.6 Å². The standard InChI is InChI=1S/C8H7ClF2N2O/c9-2-4-1-5(7(10)11)6(3-14)13-8(4)12/h1,3,7H,2H2,(H2,12,13). The van der Waals surface area contributed by atoms with Gasteiger partial charge in [-0.1, -0.05) is 0 Å². The van der Waals surface area contributed by atoms with Crippen molar-refractivity contribution in [3.05, 3.63) is 22.9 Å². The zero-order chi connectivity index (χ0) is 10.7. The van der Waals surface area contributed by atoms with Crippen LogP contribution in [0.2, 0.25) is 0 Å². The van der Waals surface area contributed by atoms with Gasteiger partial charge in [-0.3, -0.25) is 4.79 Å². The zero-order valence-corrected chi connectivity index (χ0v) is 7.76. The molecule has 0 fully saturated rings. The van der Waals surface area contributed by atoms with Crippen LogP contribution < -0.4 is 5.73 Å². The van der Waals surface area contributed by atoms with Crippen molar-refractivity contribution >= 4 is 23.7 Å². The molecule has 0 saturated carbocycles. The SMILES string of the molecule is Nc1nc(C=O)c(C(F)F)cc1CCl. The number of halogens is 3. The molecule has 1 aromatic heterocycles. The Kier molecular flexibility index (Phi) is 3.35. The average Bonchev–Trinajstić information content (AvgIpc) is 2.16. The minimum Gasteiger partial charge on any atom is -0.383 e. The first-order valence-corrected chi connectivity index (χ1v) is 4.22. The molecule has 6 heteroatoms. The van der Waals surface area contributed by atoms with Gasteiger partial charge in [-0.2, -0.15) is 0 Å². The minimum atomic E-state index is -2.76. The fourth-order valence-corrected chi connectivity index (χ4v) is 1.19. The molecule has 14 heavy (non-hydrogen) atoms. The number of carbonyl (C=O) groups is 1. The van der Waals surface area contributed by atoms with E-state index in [1.165, 1.54) is 0 Å². The molecule has 0 spiro atoms. The molecule has 0 aliphatic carbocycles. The first kappa shape index (κ1) is 10.8. The van der Waals surface area contributed by atoms with Crippen molar-refractivity contribution in [2.24, 2.45) is 0 Å². The summed E-state index contributed by atoms with van der Waals surface area (Å²) < 4.78 is 24.8. The second-order valence-corrected chi connectivity index (χ2v) is 2.83. The number of rotatable bonds is 3. The molecule has 0 bridgehead atoms. The molecule has 1 heterocycles. The number of nitrogens with two attached hydrogens (primary N) is 1. The predicted molar refractivity (Wildman–Crippen MR) is 48.6 cm³/mol. The average molecular weight is 221 g/mol. The maximum absolute atomic E-state index is 12.4. The van der Waals surface area contributed by atoms with Crippen LogP contribution in [-0.2, 0) is 5.88 Å². The van der Waals surface area contributed by atoms with E-state index in [-0.39, 0.29) is 23.7 Å². The van der Waals surface area contributed by atoms with Crippen molar-refractivity contribution < 1.29 is 13.6 Å². The number of hydrogen-bond acceptors (Lipinski definition) is 3. The largest absolute Gasteiger partial charge is 0.383 e. The van der Waals surface area contributed by atoms with Crippen LogP contribution in [0.25, 0.3) is 0 Å². The maximum atomic E-state index is 12.4. The van der Waals surface area contributed by atoms with E-state index in [0.29, 0.717) is 5.56 Å². The molecular weight excluding hydrogens is 214 g/mol. The molecule has 0 amide bonds. The Hall–Kier alpha value is -1.23. The summed E-state index contributed by atoms with van der Waals surface area (Å²) in [6, 6.07) is 1.10. The number of anilines is 1. The second kappa shape index (κ2) is 4.32. The van der Waals surface area contributed by atoms with Crippen molar-refractivity contribution in [3.8, 4) is 0 Å². The zero-order valence-electron chi connectivity index (χ0n) is 7.01. The van der Waals surface area contributed by atoms with E-state index in [0.717, 1.165) is 6.07 Å². The van der Waals surface area contributed by atoms with Crippen molar-refractivity contribution in [2.75, 3.05) is 5.73 Å². The Bertz CT molecular complexity index is 357. The maximum Gasteiger partial charge on any atom is 0.266 e. The highest BCUT2D eigenvalue weighted by Gasteiger charge is 2.16. The van der Waals surface area contributed by atoms with Gasteiger partial charge in [0.15, 0.2) is 6.29 Å². The van der Waals surface area contributed by atoms with Gasteiger partial charge in [0.25, 0.3) is 6.43 Å². The summed E-state index contributed by atoms with van der Waals surface area (Å²) in [5, 5.41) is 0. The van der Waals surface area contributed by atoms with E-state index < -0.39 is 12.0 Å². The van der Waals surface area contributed by atoms with Gasteiger partial charge in [0.05, 0.1) is 5.88 Å². The molecule has 2 N–H and O–H groups in total. The molecule has 0 unspecified atom stereocenters. The van der Waals surface area contributed by atoms with E-state index in [4.69, 9.17) is 17.3 Å². The van der Waals surface area contributed by atoms with Crippen molar-refractivity contribution in [2.45, 2.75) is 12.3 Å². The Balaban J connectivity index is 3.32. The highest BCUT2D eigenvalue weighted by Crippen LogP contribution is 2.25. The van der Waals surface area contributed by atoms with Crippen molar-refractivity contribution in [3.63, 3.8) is 0 Å². The number of alkyl halides is 3. The Morgan fingerprint density at radius 3 is 2.71 bits per heavy atom. The fraction of sp³-hybridized carbons (Fsp3) is 0.250. The number of carbonyl (C=O) groups excluding carboxylic acids is 1. The summed E-state index contributed by atoms with van der Waals surface area (Å²) in [6.07, 6.45) is -2.51. The van der Waals surface area contributed by atoms with E-state index >= 15 is 0 Å². The second-order valence-electron chi connectivity index (χ2n) is 2.56. The van der Waals surface area contributed by atoms with Gasteiger partial charge in [-0.15, -0.1) is 11.6 Å². The number of nitrogen functional groups attached to an aromatic ring is 1. The van der Waals surface area contributed by atoms with Crippen LogP contribution in [0.3, 0.4) is 0 Å². The first-order chi connectivity index (χ1) is 6.60. The summed E-state index contributed by atoms with van der Waals surface area (Å²) in [5.41, 5.74) is 4.89. The molecule has 0 radical (unpaired) electrons. The van der Waals surface area contributed by atoms with Gasteiger partial charge in [-0.25, -0.2) is 13.8 Å². The third-order valence-electron chi connectivity index (χ3n) is 1.69.